The van der Waals surface area contributed by atoms with E-state index in [2.05, 4.69) is 10.6 Å². The molecule has 7 rings (SSSR count). The molecule has 0 saturated carbocycles. The van der Waals surface area contributed by atoms with Crippen LogP contribution in [0.4, 0.5) is 0 Å². The first kappa shape index (κ1) is 32.1. The Morgan fingerprint density at radius 3 is 2.60 bits per heavy atom. The highest BCUT2D eigenvalue weighted by molar-refractivity contribution is 6.31. The zero-order valence-corrected chi connectivity index (χ0v) is 27.3. The molecule has 1 saturated heterocycles. The van der Waals surface area contributed by atoms with E-state index < -0.39 is 12.1 Å². The first-order chi connectivity index (χ1) is 22.7. The van der Waals surface area contributed by atoms with Gasteiger partial charge in [0, 0.05) is 67.1 Å². The number of likely N-dealkylation sites (tertiary alicyclic amines) is 1. The second kappa shape index (κ2) is 13.8. The minimum atomic E-state index is -0.548. The van der Waals surface area contributed by atoms with Crippen molar-refractivity contribution in [3.05, 3.63) is 82.5 Å². The Labute approximate surface area is 277 Å². The standard InChI is InChI=1S/C35H37ClN4O7/c1-39-27-16-24(36)8-6-22(27)15-28(39)35(43)40-13-12-29-26(19-40)38-34(42)20-46-32-14-21(4-10-30(32)44-2)5-11-33(41)37-18-23-7-9-25(47-29)17-31(23)45-3/h4,6-10,14-17,26,29H,5,11-13,18-20H2,1-3H3,(H,37,41)(H,38,42)/t26-,29+/m1/s1. The van der Waals surface area contributed by atoms with Crippen LogP contribution in [0.1, 0.15) is 34.5 Å². The predicted molar refractivity (Wildman–Crippen MR) is 176 cm³/mol. The lowest BCUT2D eigenvalue weighted by Crippen LogP contribution is -2.58. The van der Waals surface area contributed by atoms with Gasteiger partial charge in [-0.2, -0.15) is 0 Å². The number of nitrogens with one attached hydrogen (secondary N) is 2. The quantitative estimate of drug-likeness (QED) is 0.337. The fourth-order valence-electron chi connectivity index (χ4n) is 6.11. The van der Waals surface area contributed by atoms with E-state index in [9.17, 15) is 14.4 Å². The number of ether oxygens (including phenoxy) is 4. The number of hydrogen-bond donors (Lipinski definition) is 2. The van der Waals surface area contributed by atoms with Gasteiger partial charge in [0.1, 0.15) is 23.3 Å². The average molecular weight is 661 g/mol. The maximum absolute atomic E-state index is 13.9. The van der Waals surface area contributed by atoms with E-state index in [0.717, 1.165) is 22.0 Å². The molecule has 2 N–H and O–H groups in total. The van der Waals surface area contributed by atoms with Gasteiger partial charge < -0.3 is 39.0 Å². The zero-order valence-electron chi connectivity index (χ0n) is 26.5. The summed E-state index contributed by atoms with van der Waals surface area (Å²) in [5, 5.41) is 7.51. The molecule has 3 amide bonds. The first-order valence-corrected chi connectivity index (χ1v) is 15.8. The van der Waals surface area contributed by atoms with E-state index in [1.807, 2.05) is 48.0 Å². The van der Waals surface area contributed by atoms with Gasteiger partial charge >= 0.3 is 0 Å². The van der Waals surface area contributed by atoms with Gasteiger partial charge in [-0.3, -0.25) is 14.4 Å². The molecule has 1 aromatic heterocycles. The number of amides is 3. The fourth-order valence-corrected chi connectivity index (χ4v) is 6.27. The molecule has 3 aliphatic rings. The van der Waals surface area contributed by atoms with Gasteiger partial charge in [0.05, 0.1) is 20.3 Å². The van der Waals surface area contributed by atoms with Crippen LogP contribution in [0.5, 0.6) is 23.0 Å². The molecule has 246 valence electrons. The Kier molecular flexibility index (Phi) is 9.44. The molecule has 0 aliphatic carbocycles. The third-order valence-electron chi connectivity index (χ3n) is 8.66. The first-order valence-electron chi connectivity index (χ1n) is 15.5. The fraction of sp³-hybridized carbons (Fsp3) is 0.343. The molecule has 3 aliphatic heterocycles. The van der Waals surface area contributed by atoms with Crippen LogP contribution >= 0.6 is 11.6 Å². The number of aryl methyl sites for hydroxylation is 2. The summed E-state index contributed by atoms with van der Waals surface area (Å²) in [5.74, 6) is 1.32. The lowest BCUT2D eigenvalue weighted by atomic mass is 10.0. The minimum Gasteiger partial charge on any atom is -0.496 e. The SMILES string of the molecule is COc1cc2ccc1CNC(=O)CCc1ccc(OC)c(c1)OCC(=O)N[C@@H]1CN(C(=O)c3cc4ccc(Cl)cc4n3C)CC[C@@H]1O2. The summed E-state index contributed by atoms with van der Waals surface area (Å²) in [4.78, 5) is 41.6. The van der Waals surface area contributed by atoms with Gasteiger partial charge in [-0.15, -0.1) is 0 Å². The summed E-state index contributed by atoms with van der Waals surface area (Å²) in [6, 6.07) is 17.7. The molecule has 2 atom stereocenters. The van der Waals surface area contributed by atoms with Crippen molar-refractivity contribution in [1.29, 1.82) is 0 Å². The van der Waals surface area contributed by atoms with E-state index in [4.69, 9.17) is 30.5 Å². The number of halogens is 1. The van der Waals surface area contributed by atoms with Crippen LogP contribution in [-0.4, -0.2) is 73.3 Å². The van der Waals surface area contributed by atoms with E-state index in [1.165, 1.54) is 7.11 Å². The lowest BCUT2D eigenvalue weighted by Gasteiger charge is -2.39. The second-order valence-electron chi connectivity index (χ2n) is 11.7. The highest BCUT2D eigenvalue weighted by atomic mass is 35.5. The zero-order chi connectivity index (χ0) is 33.1. The van der Waals surface area contributed by atoms with Crippen molar-refractivity contribution in [2.24, 2.45) is 7.05 Å². The number of carbonyl (C=O) groups is 3. The lowest BCUT2D eigenvalue weighted by molar-refractivity contribution is -0.125. The summed E-state index contributed by atoms with van der Waals surface area (Å²) >= 11 is 6.22. The van der Waals surface area contributed by atoms with Crippen molar-refractivity contribution < 1.29 is 33.3 Å². The number of nitrogens with zero attached hydrogens (tertiary/aromatic N) is 2. The minimum absolute atomic E-state index is 0.112. The smallest absolute Gasteiger partial charge is 0.270 e. The van der Waals surface area contributed by atoms with Crippen LogP contribution in [0.15, 0.2) is 60.7 Å². The predicted octanol–water partition coefficient (Wildman–Crippen LogP) is 4.27. The number of aromatic nitrogens is 1. The Bertz CT molecular complexity index is 1820. The third kappa shape index (κ3) is 7.10. The molecule has 4 bridgehead atoms. The Hall–Kier alpha value is -4.90. The molecule has 47 heavy (non-hydrogen) atoms. The van der Waals surface area contributed by atoms with Crippen molar-refractivity contribution in [1.82, 2.24) is 20.1 Å². The number of fused-ring (bicyclic) bond motifs is 10. The van der Waals surface area contributed by atoms with E-state index in [-0.39, 0.29) is 37.3 Å². The molecule has 4 heterocycles. The molecule has 1 fully saturated rings. The Balaban J connectivity index is 1.28. The summed E-state index contributed by atoms with van der Waals surface area (Å²) in [5.41, 5.74) is 3.04. The molecule has 0 spiro atoms. The van der Waals surface area contributed by atoms with Gasteiger partial charge in [0.2, 0.25) is 5.91 Å². The molecule has 0 radical (unpaired) electrons. The summed E-state index contributed by atoms with van der Waals surface area (Å²) < 4.78 is 25.3. The van der Waals surface area contributed by atoms with Crippen molar-refractivity contribution in [2.45, 2.75) is 38.0 Å². The number of methoxy groups -OCH3 is 2. The van der Waals surface area contributed by atoms with Crippen LogP contribution < -0.4 is 29.6 Å². The number of piperidine rings is 1. The van der Waals surface area contributed by atoms with Crippen molar-refractivity contribution >= 4 is 40.2 Å². The third-order valence-corrected chi connectivity index (χ3v) is 8.89. The van der Waals surface area contributed by atoms with E-state index in [0.29, 0.717) is 59.6 Å². The number of rotatable bonds is 3. The van der Waals surface area contributed by atoms with Crippen molar-refractivity contribution in [3.8, 4) is 23.0 Å². The van der Waals surface area contributed by atoms with Crippen molar-refractivity contribution in [3.63, 3.8) is 0 Å². The van der Waals surface area contributed by atoms with Gasteiger partial charge in [-0.1, -0.05) is 23.7 Å². The van der Waals surface area contributed by atoms with Gasteiger partial charge in [0.15, 0.2) is 18.1 Å². The maximum Gasteiger partial charge on any atom is 0.270 e. The normalized spacial score (nSPS) is 18.9. The second-order valence-corrected chi connectivity index (χ2v) is 12.1. The molecule has 0 unspecified atom stereocenters. The van der Waals surface area contributed by atoms with Crippen LogP contribution in [-0.2, 0) is 29.6 Å². The Morgan fingerprint density at radius 1 is 0.957 bits per heavy atom. The van der Waals surface area contributed by atoms with Gasteiger partial charge in [-0.25, -0.2) is 0 Å². The number of hydrogen-bond acceptors (Lipinski definition) is 7. The van der Waals surface area contributed by atoms with Gasteiger partial charge in [-0.05, 0) is 54.4 Å². The largest absolute Gasteiger partial charge is 0.496 e. The molecular formula is C35H37ClN4O7. The number of carbonyl (C=O) groups excluding carboxylic acids is 3. The number of benzene rings is 3. The highest BCUT2D eigenvalue weighted by Gasteiger charge is 2.35. The van der Waals surface area contributed by atoms with Crippen LogP contribution in [0.25, 0.3) is 10.9 Å². The summed E-state index contributed by atoms with van der Waals surface area (Å²) in [6.07, 6.45) is 0.744. The van der Waals surface area contributed by atoms with Crippen LogP contribution in [0.2, 0.25) is 5.02 Å². The molecule has 3 aromatic carbocycles. The average Bonchev–Trinajstić information content (AvgIpc) is 3.40. The summed E-state index contributed by atoms with van der Waals surface area (Å²) in [6.45, 7) is 0.639. The van der Waals surface area contributed by atoms with Gasteiger partial charge in [0.25, 0.3) is 11.8 Å². The van der Waals surface area contributed by atoms with Crippen LogP contribution in [0.3, 0.4) is 0 Å². The topological polar surface area (TPSA) is 120 Å². The maximum atomic E-state index is 13.9. The highest BCUT2D eigenvalue weighted by Crippen LogP contribution is 2.31. The Morgan fingerprint density at radius 2 is 1.79 bits per heavy atom. The van der Waals surface area contributed by atoms with E-state index >= 15 is 0 Å². The van der Waals surface area contributed by atoms with Crippen molar-refractivity contribution in [2.75, 3.05) is 33.9 Å². The molecular weight excluding hydrogens is 624 g/mol. The van der Waals surface area contributed by atoms with E-state index in [1.54, 1.807) is 36.3 Å². The van der Waals surface area contributed by atoms with Crippen LogP contribution in [0, 0.1) is 0 Å². The monoisotopic (exact) mass is 660 g/mol. The summed E-state index contributed by atoms with van der Waals surface area (Å²) in [7, 11) is 4.93. The molecule has 12 heteroatoms. The molecule has 4 aromatic rings. The molecule has 11 nitrogen and oxygen atoms in total.